The minimum atomic E-state index is 0.642. The molecule has 5 heteroatoms. The molecule has 2 heterocycles. The van der Waals surface area contributed by atoms with Gasteiger partial charge < -0.3 is 5.73 Å². The van der Waals surface area contributed by atoms with E-state index in [0.29, 0.717) is 5.95 Å². The summed E-state index contributed by atoms with van der Waals surface area (Å²) in [6.45, 7) is 3.10. The number of nitrogens with zero attached hydrogens (tertiary/aromatic N) is 4. The number of aryl methyl sites for hydroxylation is 2. The van der Waals surface area contributed by atoms with Crippen molar-refractivity contribution in [1.82, 2.24) is 19.3 Å². The molecule has 104 valence electrons. The zero-order valence-corrected chi connectivity index (χ0v) is 11.9. The van der Waals surface area contributed by atoms with Crippen molar-refractivity contribution in [2.45, 2.75) is 52.0 Å². The van der Waals surface area contributed by atoms with Gasteiger partial charge in [-0.2, -0.15) is 5.10 Å². The molecule has 5 nitrogen and oxygen atoms in total. The molecule has 0 aliphatic heterocycles. The van der Waals surface area contributed by atoms with Crippen molar-refractivity contribution in [2.75, 3.05) is 5.73 Å². The first-order valence-electron chi connectivity index (χ1n) is 7.38. The van der Waals surface area contributed by atoms with Crippen LogP contribution in [0.5, 0.6) is 0 Å². The summed E-state index contributed by atoms with van der Waals surface area (Å²) >= 11 is 0. The highest BCUT2D eigenvalue weighted by atomic mass is 15.3. The zero-order chi connectivity index (χ0) is 13.4. The lowest BCUT2D eigenvalue weighted by Gasteiger charge is -2.22. The Balaban J connectivity index is 1.97. The first-order chi connectivity index (χ1) is 9.20. The number of imidazole rings is 1. The van der Waals surface area contributed by atoms with Crippen molar-refractivity contribution in [3.63, 3.8) is 0 Å². The van der Waals surface area contributed by atoms with Gasteiger partial charge in [-0.1, -0.05) is 26.2 Å². The number of hydrogen-bond acceptors (Lipinski definition) is 3. The number of fused-ring (bicyclic) bond motifs is 1. The number of aromatic nitrogens is 4. The lowest BCUT2D eigenvalue weighted by Crippen LogP contribution is -2.16. The first-order valence-corrected chi connectivity index (χ1v) is 7.38. The molecule has 2 N–H and O–H groups in total. The molecule has 0 amide bonds. The predicted molar refractivity (Wildman–Crippen MR) is 76.9 cm³/mol. The van der Waals surface area contributed by atoms with Gasteiger partial charge in [-0.15, -0.1) is 0 Å². The molecule has 0 atom stereocenters. The molecule has 3 rings (SSSR count). The van der Waals surface area contributed by atoms with Gasteiger partial charge in [0, 0.05) is 13.6 Å². The normalized spacial score (nSPS) is 17.4. The molecular weight excluding hydrogens is 238 g/mol. The number of nitrogen functional groups attached to an aromatic ring is 1. The van der Waals surface area contributed by atoms with Crippen molar-refractivity contribution in [3.8, 4) is 0 Å². The molecule has 2 aromatic rings. The van der Waals surface area contributed by atoms with Crippen molar-refractivity contribution in [2.24, 2.45) is 13.0 Å². The van der Waals surface area contributed by atoms with Gasteiger partial charge in [0.05, 0.1) is 5.69 Å². The summed E-state index contributed by atoms with van der Waals surface area (Å²) in [6, 6.07) is 0. The van der Waals surface area contributed by atoms with Crippen molar-refractivity contribution >= 4 is 17.1 Å². The average molecular weight is 261 g/mol. The summed E-state index contributed by atoms with van der Waals surface area (Å²) in [5.41, 5.74) is 9.23. The third kappa shape index (κ3) is 2.11. The van der Waals surface area contributed by atoms with E-state index in [0.717, 1.165) is 35.7 Å². The lowest BCUT2D eigenvalue weighted by molar-refractivity contribution is 0.322. The van der Waals surface area contributed by atoms with Crippen LogP contribution >= 0.6 is 0 Å². The average Bonchev–Trinajstić information content (AvgIpc) is 2.90. The Kier molecular flexibility index (Phi) is 3.21. The largest absolute Gasteiger partial charge is 0.369 e. The molecule has 0 unspecified atom stereocenters. The maximum absolute atomic E-state index is 6.12. The van der Waals surface area contributed by atoms with Gasteiger partial charge in [-0.3, -0.25) is 9.25 Å². The van der Waals surface area contributed by atoms with Gasteiger partial charge in [-0.25, -0.2) is 4.98 Å². The van der Waals surface area contributed by atoms with E-state index < -0.39 is 0 Å². The van der Waals surface area contributed by atoms with Crippen LogP contribution < -0.4 is 5.73 Å². The molecule has 1 aliphatic rings. The molecule has 1 fully saturated rings. The zero-order valence-electron chi connectivity index (χ0n) is 11.9. The fraction of sp³-hybridized carbons (Fsp3) is 0.714. The summed E-state index contributed by atoms with van der Waals surface area (Å²) in [7, 11) is 1.99. The standard InChI is InChI=1S/C14H23N5/c1-3-11-12-13(18(2)17-11)19(14(15)16-12)9-10-7-5-4-6-8-10/h10H,3-9H2,1-2H3,(H2,15,16). The minimum Gasteiger partial charge on any atom is -0.369 e. The smallest absolute Gasteiger partial charge is 0.202 e. The van der Waals surface area contributed by atoms with Crippen LogP contribution in [-0.2, 0) is 20.0 Å². The van der Waals surface area contributed by atoms with Crippen LogP contribution in [0.15, 0.2) is 0 Å². The molecule has 0 radical (unpaired) electrons. The van der Waals surface area contributed by atoms with Crippen molar-refractivity contribution in [1.29, 1.82) is 0 Å². The van der Waals surface area contributed by atoms with Crippen LogP contribution in [0.2, 0.25) is 0 Å². The Morgan fingerprint density at radius 3 is 2.68 bits per heavy atom. The second-order valence-electron chi connectivity index (χ2n) is 5.68. The quantitative estimate of drug-likeness (QED) is 0.923. The van der Waals surface area contributed by atoms with E-state index in [1.54, 1.807) is 0 Å². The highest BCUT2D eigenvalue weighted by molar-refractivity contribution is 5.77. The van der Waals surface area contributed by atoms with E-state index in [2.05, 4.69) is 21.6 Å². The molecule has 1 saturated carbocycles. The van der Waals surface area contributed by atoms with Gasteiger partial charge in [0.15, 0.2) is 5.65 Å². The van der Waals surface area contributed by atoms with Gasteiger partial charge in [0.25, 0.3) is 0 Å². The predicted octanol–water partition coefficient (Wildman–Crippen LogP) is 2.49. The molecule has 0 bridgehead atoms. The second kappa shape index (κ2) is 4.87. The molecule has 1 aliphatic carbocycles. The van der Waals surface area contributed by atoms with Gasteiger partial charge in [0.2, 0.25) is 5.95 Å². The fourth-order valence-corrected chi connectivity index (χ4v) is 3.30. The van der Waals surface area contributed by atoms with E-state index in [1.807, 2.05) is 11.7 Å². The molecule has 0 saturated heterocycles. The van der Waals surface area contributed by atoms with Crippen LogP contribution in [0.1, 0.15) is 44.7 Å². The summed E-state index contributed by atoms with van der Waals surface area (Å²) in [6.07, 6.45) is 7.63. The Hall–Kier alpha value is -1.52. The molecule has 2 aromatic heterocycles. The van der Waals surface area contributed by atoms with Crippen molar-refractivity contribution < 1.29 is 0 Å². The van der Waals surface area contributed by atoms with E-state index in [1.165, 1.54) is 32.1 Å². The van der Waals surface area contributed by atoms with Crippen LogP contribution in [-0.4, -0.2) is 19.3 Å². The highest BCUT2D eigenvalue weighted by Crippen LogP contribution is 2.28. The number of hydrogen-bond donors (Lipinski definition) is 1. The minimum absolute atomic E-state index is 0.642. The van der Waals surface area contributed by atoms with Crippen LogP contribution in [0.25, 0.3) is 11.2 Å². The summed E-state index contributed by atoms with van der Waals surface area (Å²) in [4.78, 5) is 4.53. The number of nitrogens with two attached hydrogens (primary N) is 1. The monoisotopic (exact) mass is 261 g/mol. The summed E-state index contributed by atoms with van der Waals surface area (Å²) in [5, 5.41) is 4.54. The highest BCUT2D eigenvalue weighted by Gasteiger charge is 2.20. The molecular formula is C14H23N5. The third-order valence-electron chi connectivity index (χ3n) is 4.32. The number of anilines is 1. The van der Waals surface area contributed by atoms with Gasteiger partial charge >= 0.3 is 0 Å². The fourth-order valence-electron chi connectivity index (χ4n) is 3.30. The van der Waals surface area contributed by atoms with E-state index in [9.17, 15) is 0 Å². The second-order valence-corrected chi connectivity index (χ2v) is 5.68. The van der Waals surface area contributed by atoms with Crippen LogP contribution in [0.4, 0.5) is 5.95 Å². The molecule has 0 aromatic carbocycles. The van der Waals surface area contributed by atoms with Crippen LogP contribution in [0.3, 0.4) is 0 Å². The number of rotatable bonds is 3. The molecule has 19 heavy (non-hydrogen) atoms. The van der Waals surface area contributed by atoms with E-state index in [4.69, 9.17) is 5.73 Å². The maximum Gasteiger partial charge on any atom is 0.202 e. The SMILES string of the molecule is CCc1nn(C)c2c1nc(N)n2CC1CCCCC1. The third-order valence-corrected chi connectivity index (χ3v) is 4.32. The maximum atomic E-state index is 6.12. The first kappa shape index (κ1) is 12.5. The van der Waals surface area contributed by atoms with Gasteiger partial charge in [-0.05, 0) is 25.2 Å². The Bertz CT molecular complexity index is 574. The Morgan fingerprint density at radius 2 is 2.00 bits per heavy atom. The van der Waals surface area contributed by atoms with E-state index in [-0.39, 0.29) is 0 Å². The summed E-state index contributed by atoms with van der Waals surface area (Å²) < 4.78 is 4.10. The summed E-state index contributed by atoms with van der Waals surface area (Å²) in [5.74, 6) is 1.39. The van der Waals surface area contributed by atoms with E-state index >= 15 is 0 Å². The van der Waals surface area contributed by atoms with Crippen LogP contribution in [0, 0.1) is 5.92 Å². The molecule has 0 spiro atoms. The topological polar surface area (TPSA) is 61.7 Å². The Morgan fingerprint density at radius 1 is 1.26 bits per heavy atom. The van der Waals surface area contributed by atoms with Gasteiger partial charge in [0.1, 0.15) is 5.52 Å². The Labute approximate surface area is 113 Å². The van der Waals surface area contributed by atoms with Crippen molar-refractivity contribution in [3.05, 3.63) is 5.69 Å². The lowest BCUT2D eigenvalue weighted by atomic mass is 9.89.